The number of methoxy groups -OCH3 is 1. The van der Waals surface area contributed by atoms with E-state index in [4.69, 9.17) is 14.6 Å². The van der Waals surface area contributed by atoms with E-state index in [1.165, 1.54) is 7.11 Å². The summed E-state index contributed by atoms with van der Waals surface area (Å²) >= 11 is 0. The number of alkyl carbamates (subject to hydrolysis) is 1. The molecule has 8 nitrogen and oxygen atoms in total. The van der Waals surface area contributed by atoms with Crippen molar-refractivity contribution >= 4 is 18.0 Å². The molecule has 0 spiro atoms. The summed E-state index contributed by atoms with van der Waals surface area (Å²) in [5, 5.41) is 14.3. The molecule has 8 heteroatoms. The predicted octanol–water partition coefficient (Wildman–Crippen LogP) is 2.63. The number of amides is 2. The average molecular weight is 483 g/mol. The molecule has 0 saturated heterocycles. The molecule has 1 aromatic rings. The van der Waals surface area contributed by atoms with Crippen LogP contribution in [0.4, 0.5) is 4.79 Å². The molecule has 3 N–H and O–H groups in total. The Balaban J connectivity index is 2.04. The molecule has 0 aliphatic heterocycles. The summed E-state index contributed by atoms with van der Waals surface area (Å²) in [6, 6.07) is 5.39. The summed E-state index contributed by atoms with van der Waals surface area (Å²) in [4.78, 5) is 37.5. The number of nitrogens with one attached hydrogen (secondary N) is 2. The van der Waals surface area contributed by atoms with Gasteiger partial charge in [-0.3, -0.25) is 4.79 Å². The van der Waals surface area contributed by atoms with Crippen molar-refractivity contribution in [2.75, 3.05) is 13.7 Å². The molecule has 1 fully saturated rings. The first-order valence-electron chi connectivity index (χ1n) is 11.5. The highest BCUT2D eigenvalue weighted by Gasteiger charge is 2.40. The van der Waals surface area contributed by atoms with Crippen LogP contribution in [-0.2, 0) is 14.3 Å². The number of esters is 1. The van der Waals surface area contributed by atoms with Crippen LogP contribution in [0.5, 0.6) is 0 Å². The normalized spacial score (nSPS) is 17.8. The van der Waals surface area contributed by atoms with E-state index in [1.807, 2.05) is 0 Å². The van der Waals surface area contributed by atoms with Crippen LogP contribution in [0, 0.1) is 35.5 Å². The van der Waals surface area contributed by atoms with Crippen molar-refractivity contribution in [3.8, 4) is 23.7 Å². The first-order valence-corrected chi connectivity index (χ1v) is 11.5. The van der Waals surface area contributed by atoms with Gasteiger partial charge in [0.1, 0.15) is 11.6 Å². The highest BCUT2D eigenvalue weighted by Crippen LogP contribution is 2.32. The lowest BCUT2D eigenvalue weighted by molar-refractivity contribution is -0.144. The standard InChI is InChI=1S/C27H34N2O6/c1-26(2,3)35-25(33)29-27(4,5)22(24(32)34-6)28-23(31)21-13-11-18(12-14-21)9-7-8-10-19-15-20(16-19)17-30/h11-14,19-20,22,30H,15-17H2,1-6H3,(H,28,31)(H,29,33)/t19-,20-,22-/m1/s1. The van der Waals surface area contributed by atoms with Crippen LogP contribution in [0.2, 0.25) is 0 Å². The minimum Gasteiger partial charge on any atom is -0.467 e. The lowest BCUT2D eigenvalue weighted by Gasteiger charge is -2.34. The Kier molecular flexibility index (Phi) is 9.33. The molecule has 1 aliphatic carbocycles. The van der Waals surface area contributed by atoms with Gasteiger partial charge in [-0.05, 0) is 89.5 Å². The van der Waals surface area contributed by atoms with Gasteiger partial charge in [0.15, 0.2) is 0 Å². The highest BCUT2D eigenvalue weighted by molar-refractivity contribution is 5.97. The third-order valence-electron chi connectivity index (χ3n) is 5.44. The second-order valence-electron chi connectivity index (χ2n) is 10.1. The van der Waals surface area contributed by atoms with Gasteiger partial charge in [0.2, 0.25) is 0 Å². The van der Waals surface area contributed by atoms with Gasteiger partial charge in [-0.25, -0.2) is 9.59 Å². The van der Waals surface area contributed by atoms with E-state index in [2.05, 4.69) is 34.3 Å². The van der Waals surface area contributed by atoms with Gasteiger partial charge in [0.25, 0.3) is 5.91 Å². The van der Waals surface area contributed by atoms with Crippen LogP contribution in [0.1, 0.15) is 63.4 Å². The topological polar surface area (TPSA) is 114 Å². The van der Waals surface area contributed by atoms with Gasteiger partial charge in [-0.2, -0.15) is 0 Å². The quantitative estimate of drug-likeness (QED) is 0.424. The van der Waals surface area contributed by atoms with E-state index < -0.39 is 35.2 Å². The van der Waals surface area contributed by atoms with E-state index >= 15 is 0 Å². The van der Waals surface area contributed by atoms with Crippen molar-refractivity contribution in [1.82, 2.24) is 10.6 Å². The van der Waals surface area contributed by atoms with Crippen molar-refractivity contribution < 1.29 is 29.0 Å². The molecule has 35 heavy (non-hydrogen) atoms. The molecular weight excluding hydrogens is 448 g/mol. The first kappa shape index (κ1) is 27.8. The van der Waals surface area contributed by atoms with E-state index in [0.29, 0.717) is 23.0 Å². The molecule has 0 aromatic heterocycles. The summed E-state index contributed by atoms with van der Waals surface area (Å²) < 4.78 is 10.1. The third-order valence-corrected chi connectivity index (χ3v) is 5.44. The largest absolute Gasteiger partial charge is 0.467 e. The number of ether oxygens (including phenoxy) is 2. The van der Waals surface area contributed by atoms with E-state index in [-0.39, 0.29) is 6.61 Å². The van der Waals surface area contributed by atoms with Crippen LogP contribution in [0.15, 0.2) is 24.3 Å². The summed E-state index contributed by atoms with van der Waals surface area (Å²) in [6.07, 6.45) is 1.10. The number of hydrogen-bond acceptors (Lipinski definition) is 6. The number of aliphatic hydroxyl groups excluding tert-OH is 1. The molecule has 0 radical (unpaired) electrons. The second-order valence-corrected chi connectivity index (χ2v) is 10.1. The SMILES string of the molecule is COC(=O)[C@@H](NC(=O)c1ccc(C#CC#C[C@H]2C[C@H](CO)C2)cc1)C(C)(C)NC(=O)OC(C)(C)C. The second kappa shape index (κ2) is 11.8. The number of carbonyl (C=O) groups excluding carboxylic acids is 3. The van der Waals surface area contributed by atoms with Crippen LogP contribution in [0.3, 0.4) is 0 Å². The van der Waals surface area contributed by atoms with Gasteiger partial charge in [-0.15, -0.1) is 0 Å². The molecular formula is C27H34N2O6. The highest BCUT2D eigenvalue weighted by atomic mass is 16.6. The molecule has 1 atom stereocenters. The van der Waals surface area contributed by atoms with E-state index in [1.54, 1.807) is 58.9 Å². The van der Waals surface area contributed by atoms with Crippen LogP contribution in [-0.4, -0.2) is 54.0 Å². The van der Waals surface area contributed by atoms with Gasteiger partial charge in [0, 0.05) is 23.7 Å². The molecule has 188 valence electrons. The predicted molar refractivity (Wildman–Crippen MR) is 131 cm³/mol. The Hall–Kier alpha value is -3.49. The number of hydrogen-bond donors (Lipinski definition) is 3. The molecule has 1 aliphatic rings. The Morgan fingerprint density at radius 2 is 1.71 bits per heavy atom. The fourth-order valence-electron chi connectivity index (χ4n) is 3.45. The van der Waals surface area contributed by atoms with Gasteiger partial charge < -0.3 is 25.2 Å². The monoisotopic (exact) mass is 482 g/mol. The minimum absolute atomic E-state index is 0.210. The lowest BCUT2D eigenvalue weighted by Crippen LogP contribution is -2.62. The zero-order valence-electron chi connectivity index (χ0n) is 21.2. The Morgan fingerprint density at radius 1 is 1.09 bits per heavy atom. The van der Waals surface area contributed by atoms with Crippen LogP contribution < -0.4 is 10.6 Å². The van der Waals surface area contributed by atoms with Crippen LogP contribution in [0.25, 0.3) is 0 Å². The zero-order valence-corrected chi connectivity index (χ0v) is 21.2. The smallest absolute Gasteiger partial charge is 0.408 e. The van der Waals surface area contributed by atoms with Gasteiger partial charge >= 0.3 is 12.1 Å². The van der Waals surface area contributed by atoms with Crippen molar-refractivity contribution in [2.24, 2.45) is 11.8 Å². The third kappa shape index (κ3) is 8.66. The number of carbonyl (C=O) groups is 3. The molecule has 0 unspecified atom stereocenters. The molecule has 1 aromatic carbocycles. The Bertz CT molecular complexity index is 1040. The van der Waals surface area contributed by atoms with Crippen molar-refractivity contribution in [1.29, 1.82) is 0 Å². The van der Waals surface area contributed by atoms with Crippen LogP contribution >= 0.6 is 0 Å². The van der Waals surface area contributed by atoms with Gasteiger partial charge in [0.05, 0.1) is 12.6 Å². The number of aliphatic hydroxyl groups is 1. The molecule has 2 rings (SSSR count). The lowest BCUT2D eigenvalue weighted by atomic mass is 9.76. The maximum Gasteiger partial charge on any atom is 0.408 e. The van der Waals surface area contributed by atoms with Crippen molar-refractivity contribution in [3.05, 3.63) is 35.4 Å². The molecule has 1 saturated carbocycles. The number of benzene rings is 1. The Labute approximate surface area is 207 Å². The summed E-state index contributed by atoms with van der Waals surface area (Å²) in [6.45, 7) is 8.56. The fourth-order valence-corrected chi connectivity index (χ4v) is 3.45. The maximum atomic E-state index is 12.8. The first-order chi connectivity index (χ1) is 16.3. The summed E-state index contributed by atoms with van der Waals surface area (Å²) in [7, 11) is 1.21. The minimum atomic E-state index is -1.20. The van der Waals surface area contributed by atoms with Gasteiger partial charge in [-0.1, -0.05) is 11.8 Å². The molecule has 2 amide bonds. The molecule has 0 bridgehead atoms. The fraction of sp³-hybridized carbons (Fsp3) is 0.519. The van der Waals surface area contributed by atoms with Crippen molar-refractivity contribution in [3.63, 3.8) is 0 Å². The average Bonchev–Trinajstić information content (AvgIpc) is 2.73. The number of rotatable bonds is 6. The summed E-state index contributed by atoms with van der Waals surface area (Å²) in [5.41, 5.74) is -0.921. The molecule has 0 heterocycles. The van der Waals surface area contributed by atoms with E-state index in [9.17, 15) is 14.4 Å². The van der Waals surface area contributed by atoms with Crippen molar-refractivity contribution in [2.45, 2.75) is 64.6 Å². The summed E-state index contributed by atoms with van der Waals surface area (Å²) in [5.74, 6) is 11.1. The Morgan fingerprint density at radius 3 is 2.26 bits per heavy atom. The van der Waals surface area contributed by atoms with E-state index in [0.717, 1.165) is 12.8 Å². The zero-order chi connectivity index (χ0) is 26.2. The maximum absolute atomic E-state index is 12.8.